The first-order valence-electron chi connectivity index (χ1n) is 9.59. The molecule has 146 valence electrons. The van der Waals surface area contributed by atoms with Crippen LogP contribution in [0.5, 0.6) is 0 Å². The standard InChI is InChI=1S/C23H26N2O3/c1-2-22(26)24-20-11-6-10-19(14-20)15-23(27)25(17-21-12-7-13-28-21)16-18-8-4-3-5-9-18/h2-6,8-11,14,21H,1,7,12-13,15-17H2,(H,24,26). The van der Waals surface area contributed by atoms with Crippen molar-refractivity contribution in [1.82, 2.24) is 4.90 Å². The maximum atomic E-state index is 13.1. The Labute approximate surface area is 166 Å². The average Bonchev–Trinajstić information content (AvgIpc) is 3.21. The second kappa shape index (κ2) is 9.85. The van der Waals surface area contributed by atoms with Crippen LogP contribution < -0.4 is 5.32 Å². The monoisotopic (exact) mass is 378 g/mol. The SMILES string of the molecule is C=CC(=O)Nc1cccc(CC(=O)N(Cc2ccccc2)CC2CCCO2)c1. The molecule has 0 spiro atoms. The van der Waals surface area contributed by atoms with E-state index >= 15 is 0 Å². The molecule has 1 saturated heterocycles. The van der Waals surface area contributed by atoms with Gasteiger partial charge >= 0.3 is 0 Å². The Morgan fingerprint density at radius 3 is 2.64 bits per heavy atom. The third kappa shape index (κ3) is 5.79. The highest BCUT2D eigenvalue weighted by molar-refractivity contribution is 5.98. The summed E-state index contributed by atoms with van der Waals surface area (Å²) >= 11 is 0. The van der Waals surface area contributed by atoms with E-state index in [4.69, 9.17) is 4.74 Å². The first-order valence-corrected chi connectivity index (χ1v) is 9.59. The number of rotatable bonds is 8. The van der Waals surface area contributed by atoms with Crippen molar-refractivity contribution in [2.45, 2.75) is 31.9 Å². The first-order chi connectivity index (χ1) is 13.6. The average molecular weight is 378 g/mol. The van der Waals surface area contributed by atoms with Crippen molar-refractivity contribution in [1.29, 1.82) is 0 Å². The van der Waals surface area contributed by atoms with Gasteiger partial charge in [-0.25, -0.2) is 0 Å². The Balaban J connectivity index is 1.70. The van der Waals surface area contributed by atoms with Gasteiger partial charge in [-0.3, -0.25) is 9.59 Å². The Morgan fingerprint density at radius 2 is 1.93 bits per heavy atom. The van der Waals surface area contributed by atoms with Gasteiger partial charge < -0.3 is 15.0 Å². The number of nitrogens with one attached hydrogen (secondary N) is 1. The topological polar surface area (TPSA) is 58.6 Å². The molecule has 1 aliphatic heterocycles. The normalized spacial score (nSPS) is 15.8. The summed E-state index contributed by atoms with van der Waals surface area (Å²) in [6, 6.07) is 17.3. The van der Waals surface area contributed by atoms with E-state index in [0.717, 1.165) is 30.6 Å². The van der Waals surface area contributed by atoms with E-state index in [9.17, 15) is 9.59 Å². The fourth-order valence-corrected chi connectivity index (χ4v) is 3.33. The number of anilines is 1. The number of hydrogen-bond donors (Lipinski definition) is 1. The number of carbonyl (C=O) groups is 2. The fourth-order valence-electron chi connectivity index (χ4n) is 3.33. The maximum Gasteiger partial charge on any atom is 0.247 e. The molecule has 5 nitrogen and oxygen atoms in total. The van der Waals surface area contributed by atoms with Crippen LogP contribution in [0.2, 0.25) is 0 Å². The van der Waals surface area contributed by atoms with E-state index < -0.39 is 0 Å². The first kappa shape index (κ1) is 19.8. The van der Waals surface area contributed by atoms with Gasteiger partial charge in [0.25, 0.3) is 0 Å². The Kier molecular flexibility index (Phi) is 6.98. The van der Waals surface area contributed by atoms with Crippen LogP contribution in [-0.4, -0.2) is 36.0 Å². The summed E-state index contributed by atoms with van der Waals surface area (Å²) in [4.78, 5) is 26.4. The van der Waals surface area contributed by atoms with E-state index in [1.165, 1.54) is 6.08 Å². The molecular weight excluding hydrogens is 352 g/mol. The van der Waals surface area contributed by atoms with Gasteiger partial charge in [0.15, 0.2) is 0 Å². The van der Waals surface area contributed by atoms with Crippen LogP contribution in [0.4, 0.5) is 5.69 Å². The quantitative estimate of drug-likeness (QED) is 0.715. The summed E-state index contributed by atoms with van der Waals surface area (Å²) in [5.41, 5.74) is 2.61. The Morgan fingerprint density at radius 1 is 1.14 bits per heavy atom. The molecule has 2 aromatic rings. The number of amides is 2. The van der Waals surface area contributed by atoms with Crippen LogP contribution in [0.25, 0.3) is 0 Å². The van der Waals surface area contributed by atoms with E-state index in [2.05, 4.69) is 11.9 Å². The highest BCUT2D eigenvalue weighted by Crippen LogP contribution is 2.17. The number of benzene rings is 2. The molecule has 2 amide bonds. The van der Waals surface area contributed by atoms with Gasteiger partial charge in [0.2, 0.25) is 11.8 Å². The number of nitrogens with zero attached hydrogens (tertiary/aromatic N) is 1. The van der Waals surface area contributed by atoms with E-state index in [1.807, 2.05) is 53.4 Å². The molecule has 28 heavy (non-hydrogen) atoms. The summed E-state index contributed by atoms with van der Waals surface area (Å²) in [5, 5.41) is 2.73. The highest BCUT2D eigenvalue weighted by Gasteiger charge is 2.23. The lowest BCUT2D eigenvalue weighted by Crippen LogP contribution is -2.37. The molecule has 1 unspecified atom stereocenters. The van der Waals surface area contributed by atoms with Gasteiger partial charge in [-0.15, -0.1) is 0 Å². The van der Waals surface area contributed by atoms with Crippen LogP contribution in [0.15, 0.2) is 67.3 Å². The molecule has 1 fully saturated rings. The molecule has 0 aliphatic carbocycles. The zero-order chi connectivity index (χ0) is 19.8. The number of carbonyl (C=O) groups excluding carboxylic acids is 2. The lowest BCUT2D eigenvalue weighted by molar-refractivity contribution is -0.132. The van der Waals surface area contributed by atoms with Crippen LogP contribution >= 0.6 is 0 Å². The van der Waals surface area contributed by atoms with Gasteiger partial charge in [-0.05, 0) is 42.2 Å². The van der Waals surface area contributed by atoms with Gasteiger partial charge in [0, 0.05) is 25.4 Å². The van der Waals surface area contributed by atoms with Crippen molar-refractivity contribution in [2.75, 3.05) is 18.5 Å². The summed E-state index contributed by atoms with van der Waals surface area (Å²) in [6.45, 7) is 5.38. The van der Waals surface area contributed by atoms with Crippen LogP contribution in [-0.2, 0) is 27.3 Å². The Bertz CT molecular complexity index is 814. The summed E-state index contributed by atoms with van der Waals surface area (Å²) in [6.07, 6.45) is 3.63. The maximum absolute atomic E-state index is 13.1. The molecular formula is C23H26N2O3. The molecule has 1 heterocycles. The van der Waals surface area contributed by atoms with Gasteiger partial charge in [-0.1, -0.05) is 49.0 Å². The molecule has 0 aromatic heterocycles. The smallest absolute Gasteiger partial charge is 0.247 e. The molecule has 0 radical (unpaired) electrons. The molecule has 1 atom stereocenters. The molecule has 1 aliphatic rings. The van der Waals surface area contributed by atoms with Crippen LogP contribution in [0.3, 0.4) is 0 Å². The minimum absolute atomic E-state index is 0.0477. The molecule has 3 rings (SSSR count). The lowest BCUT2D eigenvalue weighted by Gasteiger charge is -2.26. The van der Waals surface area contributed by atoms with Crippen LogP contribution in [0.1, 0.15) is 24.0 Å². The highest BCUT2D eigenvalue weighted by atomic mass is 16.5. The van der Waals surface area contributed by atoms with Crippen molar-refractivity contribution in [3.63, 3.8) is 0 Å². The summed E-state index contributed by atoms with van der Waals surface area (Å²) in [5.74, 6) is -0.223. The molecule has 2 aromatic carbocycles. The molecule has 0 saturated carbocycles. The van der Waals surface area contributed by atoms with Gasteiger partial charge in [0.05, 0.1) is 12.5 Å². The van der Waals surface area contributed by atoms with Gasteiger partial charge in [0.1, 0.15) is 0 Å². The van der Waals surface area contributed by atoms with Crippen molar-refractivity contribution in [3.8, 4) is 0 Å². The van der Waals surface area contributed by atoms with E-state index in [0.29, 0.717) is 18.8 Å². The summed E-state index contributed by atoms with van der Waals surface area (Å²) in [7, 11) is 0. The largest absolute Gasteiger partial charge is 0.376 e. The van der Waals surface area contributed by atoms with Crippen molar-refractivity contribution < 1.29 is 14.3 Å². The molecule has 5 heteroatoms. The summed E-state index contributed by atoms with van der Waals surface area (Å²) < 4.78 is 5.75. The van der Waals surface area contributed by atoms with Crippen molar-refractivity contribution in [2.24, 2.45) is 0 Å². The van der Waals surface area contributed by atoms with Gasteiger partial charge in [-0.2, -0.15) is 0 Å². The third-order valence-electron chi connectivity index (χ3n) is 4.75. The molecule has 1 N–H and O–H groups in total. The second-order valence-corrected chi connectivity index (χ2v) is 6.97. The zero-order valence-corrected chi connectivity index (χ0v) is 16.0. The predicted molar refractivity (Wildman–Crippen MR) is 110 cm³/mol. The minimum atomic E-state index is -0.271. The fraction of sp³-hybridized carbons (Fsp3) is 0.304. The predicted octanol–water partition coefficient (Wildman–Crippen LogP) is 3.56. The lowest BCUT2D eigenvalue weighted by atomic mass is 10.1. The second-order valence-electron chi connectivity index (χ2n) is 6.97. The van der Waals surface area contributed by atoms with Crippen molar-refractivity contribution >= 4 is 17.5 Å². The van der Waals surface area contributed by atoms with E-state index in [-0.39, 0.29) is 24.3 Å². The molecule has 0 bridgehead atoms. The zero-order valence-electron chi connectivity index (χ0n) is 16.0. The van der Waals surface area contributed by atoms with Crippen LogP contribution in [0, 0.1) is 0 Å². The minimum Gasteiger partial charge on any atom is -0.376 e. The van der Waals surface area contributed by atoms with E-state index in [1.54, 1.807) is 6.07 Å². The number of ether oxygens (including phenoxy) is 1. The number of hydrogen-bond acceptors (Lipinski definition) is 3. The van der Waals surface area contributed by atoms with Crippen molar-refractivity contribution in [3.05, 3.63) is 78.4 Å². The third-order valence-corrected chi connectivity index (χ3v) is 4.75. The Hall–Kier alpha value is -2.92.